The van der Waals surface area contributed by atoms with Crippen LogP contribution in [0.2, 0.25) is 0 Å². The molecule has 21 heavy (non-hydrogen) atoms. The number of methoxy groups -OCH3 is 1. The fraction of sp³-hybridized carbons (Fsp3) is 0.125. The molecule has 0 fully saturated rings. The summed E-state index contributed by atoms with van der Waals surface area (Å²) in [5.74, 6) is 0.885. The molecule has 0 bridgehead atoms. The molecule has 2 aromatic carbocycles. The van der Waals surface area contributed by atoms with Crippen molar-refractivity contribution in [2.24, 2.45) is 0 Å². The van der Waals surface area contributed by atoms with Crippen molar-refractivity contribution in [1.29, 1.82) is 0 Å². The van der Waals surface area contributed by atoms with Gasteiger partial charge >= 0.3 is 0 Å². The van der Waals surface area contributed by atoms with E-state index < -0.39 is 0 Å². The number of hydrogen-bond donors (Lipinski definition) is 0. The zero-order chi connectivity index (χ0) is 13.9. The number of ether oxygens (including phenoxy) is 1. The van der Waals surface area contributed by atoms with Gasteiger partial charge in [-0.25, -0.2) is 4.98 Å². The summed E-state index contributed by atoms with van der Waals surface area (Å²) in [6.45, 7) is 0.307. The Kier molecular flexibility index (Phi) is 4.60. The van der Waals surface area contributed by atoms with Crippen molar-refractivity contribution in [2.75, 3.05) is 7.11 Å². The van der Waals surface area contributed by atoms with Gasteiger partial charge in [0.05, 0.1) is 20.0 Å². The Morgan fingerprint density at radius 1 is 1.19 bits per heavy atom. The van der Waals surface area contributed by atoms with E-state index in [2.05, 4.69) is 4.98 Å². The standard InChI is InChI=1S/C16H14N2O2.ClH/c1-20-15-5-4-12-8-14(3-2-13(12)9-15)16(19)10-18-7-6-17-11-18;/h2-9,11H,10H2,1H3;1H. The Labute approximate surface area is 128 Å². The smallest absolute Gasteiger partial charge is 0.182 e. The number of fused-ring (bicyclic) bond motifs is 1. The third-order valence-electron chi connectivity index (χ3n) is 3.25. The molecule has 3 rings (SSSR count). The first-order valence-corrected chi connectivity index (χ1v) is 6.33. The van der Waals surface area contributed by atoms with Crippen LogP contribution in [0, 0.1) is 0 Å². The molecule has 0 aliphatic rings. The van der Waals surface area contributed by atoms with Crippen molar-refractivity contribution in [2.45, 2.75) is 6.54 Å². The van der Waals surface area contributed by atoms with Gasteiger partial charge < -0.3 is 9.30 Å². The normalized spacial score (nSPS) is 10.1. The second kappa shape index (κ2) is 6.41. The molecule has 0 spiro atoms. The first-order chi connectivity index (χ1) is 9.76. The van der Waals surface area contributed by atoms with E-state index in [1.165, 1.54) is 0 Å². The first kappa shape index (κ1) is 15.1. The molecule has 0 amide bonds. The molecule has 4 nitrogen and oxygen atoms in total. The highest BCUT2D eigenvalue weighted by Crippen LogP contribution is 2.22. The lowest BCUT2D eigenvalue weighted by Crippen LogP contribution is -2.08. The number of benzene rings is 2. The zero-order valence-electron chi connectivity index (χ0n) is 11.5. The van der Waals surface area contributed by atoms with Crippen LogP contribution < -0.4 is 4.74 Å². The Morgan fingerprint density at radius 2 is 1.95 bits per heavy atom. The summed E-state index contributed by atoms with van der Waals surface area (Å²) in [7, 11) is 1.64. The van der Waals surface area contributed by atoms with Crippen LogP contribution in [0.15, 0.2) is 55.1 Å². The van der Waals surface area contributed by atoms with Gasteiger partial charge in [0.2, 0.25) is 0 Å². The van der Waals surface area contributed by atoms with E-state index in [9.17, 15) is 4.79 Å². The summed E-state index contributed by atoms with van der Waals surface area (Å²) >= 11 is 0. The van der Waals surface area contributed by atoms with Gasteiger partial charge in [0.15, 0.2) is 5.78 Å². The molecule has 1 aromatic heterocycles. The highest BCUT2D eigenvalue weighted by atomic mass is 35.5. The number of hydrogen-bond acceptors (Lipinski definition) is 3. The molecule has 0 N–H and O–H groups in total. The number of halogens is 1. The van der Waals surface area contributed by atoms with Crippen LogP contribution in [0.1, 0.15) is 10.4 Å². The Bertz CT molecular complexity index is 754. The Morgan fingerprint density at radius 3 is 2.67 bits per heavy atom. The minimum absolute atomic E-state index is 0. The van der Waals surface area contributed by atoms with Gasteiger partial charge in [0.1, 0.15) is 5.75 Å². The number of Topliss-reactive ketones (excluding diaryl/α,β-unsaturated/α-hetero) is 1. The summed E-state index contributed by atoms with van der Waals surface area (Å²) < 4.78 is 6.96. The number of aromatic nitrogens is 2. The molecule has 0 aliphatic heterocycles. The molecule has 3 aromatic rings. The molecule has 0 aliphatic carbocycles. The van der Waals surface area contributed by atoms with E-state index in [-0.39, 0.29) is 18.2 Å². The minimum atomic E-state index is 0. The van der Waals surface area contributed by atoms with Crippen molar-refractivity contribution in [3.8, 4) is 5.75 Å². The maximum atomic E-state index is 12.2. The topological polar surface area (TPSA) is 44.1 Å². The van der Waals surface area contributed by atoms with Crippen molar-refractivity contribution >= 4 is 29.0 Å². The lowest BCUT2D eigenvalue weighted by molar-refractivity contribution is 0.0972. The third-order valence-corrected chi connectivity index (χ3v) is 3.25. The maximum Gasteiger partial charge on any atom is 0.182 e. The van der Waals surface area contributed by atoms with Crippen LogP contribution in [0.3, 0.4) is 0 Å². The number of carbonyl (C=O) groups excluding carboxylic acids is 1. The van der Waals surface area contributed by atoms with Gasteiger partial charge in [-0.15, -0.1) is 12.4 Å². The van der Waals surface area contributed by atoms with Gasteiger partial charge in [-0.05, 0) is 29.0 Å². The Balaban J connectivity index is 0.00000161. The Hall–Kier alpha value is -2.33. The lowest BCUT2D eigenvalue weighted by atomic mass is 10.0. The number of nitrogens with zero attached hydrogens (tertiary/aromatic N) is 2. The van der Waals surface area contributed by atoms with E-state index in [0.717, 1.165) is 16.5 Å². The van der Waals surface area contributed by atoms with E-state index >= 15 is 0 Å². The van der Waals surface area contributed by atoms with Gasteiger partial charge in [0, 0.05) is 18.0 Å². The van der Waals surface area contributed by atoms with Crippen LogP contribution in [-0.2, 0) is 6.54 Å². The van der Waals surface area contributed by atoms with Gasteiger partial charge in [0.25, 0.3) is 0 Å². The van der Waals surface area contributed by atoms with E-state index in [0.29, 0.717) is 12.1 Å². The maximum absolute atomic E-state index is 12.2. The van der Waals surface area contributed by atoms with Crippen LogP contribution in [0.5, 0.6) is 5.75 Å². The fourth-order valence-corrected chi connectivity index (χ4v) is 2.16. The monoisotopic (exact) mass is 302 g/mol. The average molecular weight is 303 g/mol. The van der Waals surface area contributed by atoms with Crippen LogP contribution in [0.4, 0.5) is 0 Å². The van der Waals surface area contributed by atoms with E-state index in [4.69, 9.17) is 4.74 Å². The molecule has 0 saturated carbocycles. The number of rotatable bonds is 4. The number of imidazole rings is 1. The van der Waals surface area contributed by atoms with E-state index in [1.807, 2.05) is 36.4 Å². The second-order valence-electron chi connectivity index (χ2n) is 4.59. The predicted octanol–water partition coefficient (Wildman–Crippen LogP) is 3.35. The van der Waals surface area contributed by atoms with Crippen LogP contribution in [-0.4, -0.2) is 22.4 Å². The molecule has 0 atom stereocenters. The zero-order valence-corrected chi connectivity index (χ0v) is 12.3. The summed E-state index contributed by atoms with van der Waals surface area (Å²) in [4.78, 5) is 16.1. The molecular weight excluding hydrogens is 288 g/mol. The molecule has 0 radical (unpaired) electrons. The van der Waals surface area contributed by atoms with Crippen molar-refractivity contribution in [3.05, 3.63) is 60.7 Å². The number of ketones is 1. The van der Waals surface area contributed by atoms with Crippen molar-refractivity contribution < 1.29 is 9.53 Å². The molecule has 108 valence electrons. The fourth-order valence-electron chi connectivity index (χ4n) is 2.16. The van der Waals surface area contributed by atoms with Gasteiger partial charge in [-0.2, -0.15) is 0 Å². The summed E-state index contributed by atoms with van der Waals surface area (Å²) in [6.07, 6.45) is 5.09. The van der Waals surface area contributed by atoms with Crippen LogP contribution in [0.25, 0.3) is 10.8 Å². The third kappa shape index (κ3) is 3.23. The molecule has 1 heterocycles. The van der Waals surface area contributed by atoms with Crippen molar-refractivity contribution in [3.63, 3.8) is 0 Å². The number of carbonyl (C=O) groups is 1. The SMILES string of the molecule is COc1ccc2cc(C(=O)Cn3ccnc3)ccc2c1.Cl. The van der Waals surface area contributed by atoms with Gasteiger partial charge in [-0.1, -0.05) is 18.2 Å². The molecule has 0 saturated heterocycles. The lowest BCUT2D eigenvalue weighted by Gasteiger charge is -2.06. The first-order valence-electron chi connectivity index (χ1n) is 6.33. The van der Waals surface area contributed by atoms with Gasteiger partial charge in [-0.3, -0.25) is 4.79 Å². The molecule has 5 heteroatoms. The van der Waals surface area contributed by atoms with Crippen LogP contribution >= 0.6 is 12.4 Å². The molecule has 0 unspecified atom stereocenters. The molecular formula is C16H15ClN2O2. The summed E-state index contributed by atoms with van der Waals surface area (Å²) in [5.41, 5.74) is 0.705. The average Bonchev–Trinajstić information content (AvgIpc) is 2.99. The summed E-state index contributed by atoms with van der Waals surface area (Å²) in [6, 6.07) is 11.5. The second-order valence-corrected chi connectivity index (χ2v) is 4.59. The largest absolute Gasteiger partial charge is 0.497 e. The highest BCUT2D eigenvalue weighted by molar-refractivity contribution is 6.00. The van der Waals surface area contributed by atoms with E-state index in [1.54, 1.807) is 30.4 Å². The van der Waals surface area contributed by atoms with Crippen molar-refractivity contribution in [1.82, 2.24) is 9.55 Å². The highest BCUT2D eigenvalue weighted by Gasteiger charge is 2.07. The quantitative estimate of drug-likeness (QED) is 0.694. The summed E-state index contributed by atoms with van der Waals surface area (Å²) in [5, 5.41) is 2.09. The minimum Gasteiger partial charge on any atom is -0.497 e. The predicted molar refractivity (Wildman–Crippen MR) is 84.3 cm³/mol.